The predicted molar refractivity (Wildman–Crippen MR) is 60.6 cm³/mol. The molecule has 2 rings (SSSR count). The summed E-state index contributed by atoms with van der Waals surface area (Å²) < 4.78 is 0. The molecular weight excluding hydrogens is 188 g/mol. The summed E-state index contributed by atoms with van der Waals surface area (Å²) in [6, 6.07) is 7.70. The van der Waals surface area contributed by atoms with Gasteiger partial charge in [0.1, 0.15) is 0 Å². The van der Waals surface area contributed by atoms with Gasteiger partial charge in [-0.2, -0.15) is 0 Å². The van der Waals surface area contributed by atoms with Crippen LogP contribution in [0.1, 0.15) is 0 Å². The molecule has 0 spiro atoms. The highest BCUT2D eigenvalue weighted by Gasteiger charge is 1.90. The van der Waals surface area contributed by atoms with Crippen molar-refractivity contribution in [1.29, 1.82) is 0 Å². The van der Waals surface area contributed by atoms with Gasteiger partial charge in [0.25, 0.3) is 0 Å². The molecule has 0 aliphatic heterocycles. The Morgan fingerprint density at radius 2 is 1.13 bits per heavy atom. The van der Waals surface area contributed by atoms with Gasteiger partial charge in [-0.25, -0.2) is 0 Å². The number of aromatic nitrogens is 2. The van der Waals surface area contributed by atoms with Crippen molar-refractivity contribution in [3.8, 4) is 0 Å². The lowest BCUT2D eigenvalue weighted by Gasteiger charge is -2.08. The Bertz CT molecular complexity index is 348. The summed E-state index contributed by atoms with van der Waals surface area (Å²) in [5.74, 6) is 0. The van der Waals surface area contributed by atoms with Crippen molar-refractivity contribution in [2.45, 2.75) is 0 Å². The van der Waals surface area contributed by atoms with Gasteiger partial charge in [-0.15, -0.1) is 0 Å². The number of anilines is 2. The van der Waals surface area contributed by atoms with E-state index in [1.54, 1.807) is 24.8 Å². The largest absolute Gasteiger partial charge is 0.368 e. The van der Waals surface area contributed by atoms with E-state index < -0.39 is 0 Å². The van der Waals surface area contributed by atoms with Crippen molar-refractivity contribution < 1.29 is 0 Å². The van der Waals surface area contributed by atoms with E-state index in [9.17, 15) is 0 Å². The monoisotopic (exact) mass is 200 g/mol. The molecule has 2 N–H and O–H groups in total. The minimum Gasteiger partial charge on any atom is -0.368 e. The lowest BCUT2D eigenvalue weighted by molar-refractivity contribution is 1.19. The summed E-state index contributed by atoms with van der Waals surface area (Å²) in [6.07, 6.45) is 7.03. The van der Waals surface area contributed by atoms with Crippen LogP contribution in [0.2, 0.25) is 0 Å². The molecule has 76 valence electrons. The molecule has 0 aromatic carbocycles. The summed E-state index contributed by atoms with van der Waals surface area (Å²) in [5.41, 5.74) is 2.10. The third-order valence-corrected chi connectivity index (χ3v) is 1.95. The molecule has 0 saturated carbocycles. The third-order valence-electron chi connectivity index (χ3n) is 1.95. The van der Waals surface area contributed by atoms with Gasteiger partial charge < -0.3 is 10.6 Å². The van der Waals surface area contributed by atoms with E-state index in [-0.39, 0.29) is 0 Å². The van der Waals surface area contributed by atoms with Crippen LogP contribution >= 0.6 is 0 Å². The molecule has 0 amide bonds. The Labute approximate surface area is 88.4 Å². The first-order valence-corrected chi connectivity index (χ1v) is 4.73. The topological polar surface area (TPSA) is 49.8 Å². The SMILES string of the molecule is c1cc(NCNc2ccncc2)ccn1. The average Bonchev–Trinajstić information content (AvgIpc) is 2.32. The molecule has 4 heteroatoms. The van der Waals surface area contributed by atoms with Gasteiger partial charge in [-0.05, 0) is 24.3 Å². The van der Waals surface area contributed by atoms with Crippen LogP contribution in [-0.2, 0) is 0 Å². The summed E-state index contributed by atoms with van der Waals surface area (Å²) in [5, 5.41) is 6.44. The van der Waals surface area contributed by atoms with Crippen LogP contribution in [0.25, 0.3) is 0 Å². The molecule has 0 saturated heterocycles. The molecule has 0 radical (unpaired) electrons. The molecule has 2 aromatic rings. The van der Waals surface area contributed by atoms with E-state index >= 15 is 0 Å². The normalized spacial score (nSPS) is 9.60. The number of nitrogens with zero attached hydrogens (tertiary/aromatic N) is 2. The zero-order valence-corrected chi connectivity index (χ0v) is 8.22. The van der Waals surface area contributed by atoms with Crippen LogP contribution in [0.15, 0.2) is 49.1 Å². The zero-order chi connectivity index (χ0) is 10.3. The van der Waals surface area contributed by atoms with Crippen molar-refractivity contribution in [3.63, 3.8) is 0 Å². The van der Waals surface area contributed by atoms with Crippen LogP contribution in [0, 0.1) is 0 Å². The quantitative estimate of drug-likeness (QED) is 0.741. The molecular formula is C11H12N4. The van der Waals surface area contributed by atoms with Crippen molar-refractivity contribution >= 4 is 11.4 Å². The fourth-order valence-corrected chi connectivity index (χ4v) is 1.19. The van der Waals surface area contributed by atoms with Crippen LogP contribution in [0.4, 0.5) is 11.4 Å². The van der Waals surface area contributed by atoms with Crippen LogP contribution in [0.5, 0.6) is 0 Å². The Morgan fingerprint density at radius 3 is 1.53 bits per heavy atom. The maximum atomic E-state index is 3.94. The van der Waals surface area contributed by atoms with E-state index in [0.717, 1.165) is 11.4 Å². The van der Waals surface area contributed by atoms with Gasteiger partial charge in [0.15, 0.2) is 0 Å². The molecule has 2 heterocycles. The minimum absolute atomic E-state index is 0.675. The lowest BCUT2D eigenvalue weighted by atomic mass is 10.4. The standard InChI is InChI=1S/C11H12N4/c1-5-12-6-2-10(1)14-9-15-11-3-7-13-8-4-11/h1-8H,9H2,(H,12,14)(H,13,15). The van der Waals surface area contributed by atoms with Crippen molar-refractivity contribution in [1.82, 2.24) is 9.97 Å². The molecule has 0 unspecified atom stereocenters. The second-order valence-corrected chi connectivity index (χ2v) is 3.00. The predicted octanol–water partition coefficient (Wildman–Crippen LogP) is 1.96. The molecule has 4 nitrogen and oxygen atoms in total. The second-order valence-electron chi connectivity index (χ2n) is 3.00. The highest BCUT2D eigenvalue weighted by molar-refractivity contribution is 5.45. The van der Waals surface area contributed by atoms with E-state index in [2.05, 4.69) is 20.6 Å². The number of rotatable bonds is 4. The molecule has 0 bridgehead atoms. The van der Waals surface area contributed by atoms with Gasteiger partial charge in [0.2, 0.25) is 0 Å². The van der Waals surface area contributed by atoms with Gasteiger partial charge in [-0.3, -0.25) is 9.97 Å². The summed E-state index contributed by atoms with van der Waals surface area (Å²) >= 11 is 0. The van der Waals surface area contributed by atoms with Gasteiger partial charge >= 0.3 is 0 Å². The van der Waals surface area contributed by atoms with Gasteiger partial charge in [-0.1, -0.05) is 0 Å². The smallest absolute Gasteiger partial charge is 0.0849 e. The van der Waals surface area contributed by atoms with E-state index in [1.807, 2.05) is 24.3 Å². The maximum absolute atomic E-state index is 3.94. The van der Waals surface area contributed by atoms with Crippen LogP contribution < -0.4 is 10.6 Å². The first-order chi connectivity index (χ1) is 7.45. The fourth-order valence-electron chi connectivity index (χ4n) is 1.19. The molecule has 0 aliphatic carbocycles. The van der Waals surface area contributed by atoms with E-state index in [0.29, 0.717) is 6.67 Å². The Balaban J connectivity index is 1.81. The first-order valence-electron chi connectivity index (χ1n) is 4.73. The molecule has 0 aliphatic rings. The third kappa shape index (κ3) is 2.95. The number of pyridine rings is 2. The minimum atomic E-state index is 0.675. The maximum Gasteiger partial charge on any atom is 0.0849 e. The summed E-state index contributed by atoms with van der Waals surface area (Å²) in [4.78, 5) is 7.89. The van der Waals surface area contributed by atoms with Crippen molar-refractivity contribution in [2.75, 3.05) is 17.3 Å². The van der Waals surface area contributed by atoms with E-state index in [1.165, 1.54) is 0 Å². The summed E-state index contributed by atoms with van der Waals surface area (Å²) in [6.45, 7) is 0.675. The van der Waals surface area contributed by atoms with Gasteiger partial charge in [0, 0.05) is 36.2 Å². The second kappa shape index (κ2) is 4.95. The Hall–Kier alpha value is -2.10. The van der Waals surface area contributed by atoms with Crippen molar-refractivity contribution in [3.05, 3.63) is 49.1 Å². The number of nitrogens with one attached hydrogen (secondary N) is 2. The van der Waals surface area contributed by atoms with Crippen LogP contribution in [-0.4, -0.2) is 16.6 Å². The highest BCUT2D eigenvalue weighted by atomic mass is 15.1. The Kier molecular flexibility index (Phi) is 3.12. The van der Waals surface area contributed by atoms with Crippen LogP contribution in [0.3, 0.4) is 0 Å². The molecule has 0 atom stereocenters. The van der Waals surface area contributed by atoms with Crippen molar-refractivity contribution in [2.24, 2.45) is 0 Å². The number of hydrogen-bond donors (Lipinski definition) is 2. The highest BCUT2D eigenvalue weighted by Crippen LogP contribution is 2.05. The fraction of sp³-hybridized carbons (Fsp3) is 0.0909. The molecule has 2 aromatic heterocycles. The van der Waals surface area contributed by atoms with Gasteiger partial charge in [0.05, 0.1) is 6.67 Å². The molecule has 0 fully saturated rings. The first kappa shape index (κ1) is 9.45. The molecule has 15 heavy (non-hydrogen) atoms. The Morgan fingerprint density at radius 1 is 0.733 bits per heavy atom. The number of hydrogen-bond acceptors (Lipinski definition) is 4. The summed E-state index contributed by atoms with van der Waals surface area (Å²) in [7, 11) is 0. The lowest BCUT2D eigenvalue weighted by Crippen LogP contribution is -2.11. The zero-order valence-electron chi connectivity index (χ0n) is 8.22. The van der Waals surface area contributed by atoms with E-state index in [4.69, 9.17) is 0 Å². The average molecular weight is 200 g/mol.